The molecule has 0 radical (unpaired) electrons. The summed E-state index contributed by atoms with van der Waals surface area (Å²) < 4.78 is 18.6. The lowest BCUT2D eigenvalue weighted by atomic mass is 10.1. The Kier molecular flexibility index (Phi) is 8.05. The fraction of sp³-hybridized carbons (Fsp3) is 0.350. The van der Waals surface area contributed by atoms with Gasteiger partial charge in [-0.1, -0.05) is 12.1 Å². The quantitative estimate of drug-likeness (QED) is 0.359. The Labute approximate surface area is 168 Å². The van der Waals surface area contributed by atoms with Crippen LogP contribution in [0.25, 0.3) is 0 Å². The molecule has 0 aromatic heterocycles. The van der Waals surface area contributed by atoms with Crippen LogP contribution in [-0.2, 0) is 4.74 Å². The molecule has 29 heavy (non-hydrogen) atoms. The van der Waals surface area contributed by atoms with Crippen molar-refractivity contribution >= 4 is 17.3 Å². The Morgan fingerprint density at radius 2 is 2.03 bits per heavy atom. The lowest BCUT2D eigenvalue weighted by Crippen LogP contribution is -2.35. The number of carbonyl (C=O) groups excluding carboxylic acids is 1. The second-order valence-electron chi connectivity index (χ2n) is 6.65. The third-order valence-electron chi connectivity index (χ3n) is 4.39. The van der Waals surface area contributed by atoms with E-state index in [1.54, 1.807) is 19.2 Å². The average molecular weight is 404 g/mol. The summed E-state index contributed by atoms with van der Waals surface area (Å²) in [6, 6.07) is 9.97. The van der Waals surface area contributed by atoms with Crippen LogP contribution >= 0.6 is 0 Å². The number of nitrogens with zero attached hydrogens (tertiary/aromatic N) is 2. The number of rotatable bonds is 10. The van der Waals surface area contributed by atoms with E-state index in [1.165, 1.54) is 30.3 Å². The van der Waals surface area contributed by atoms with Gasteiger partial charge in [-0.25, -0.2) is 4.39 Å². The van der Waals surface area contributed by atoms with Crippen molar-refractivity contribution in [3.8, 4) is 0 Å². The average Bonchev–Trinajstić information content (AvgIpc) is 2.68. The Bertz CT molecular complexity index is 860. The van der Waals surface area contributed by atoms with Gasteiger partial charge in [0.2, 0.25) is 0 Å². The highest BCUT2D eigenvalue weighted by atomic mass is 19.1. The van der Waals surface area contributed by atoms with Crippen molar-refractivity contribution in [2.45, 2.75) is 6.04 Å². The maximum absolute atomic E-state index is 13.6. The summed E-state index contributed by atoms with van der Waals surface area (Å²) in [5.74, 6) is -0.819. The van der Waals surface area contributed by atoms with Crippen LogP contribution in [0.15, 0.2) is 42.5 Å². The van der Waals surface area contributed by atoms with E-state index in [2.05, 4.69) is 10.6 Å². The fourth-order valence-corrected chi connectivity index (χ4v) is 2.87. The van der Waals surface area contributed by atoms with Gasteiger partial charge in [0.15, 0.2) is 0 Å². The number of ether oxygens (including phenoxy) is 1. The Hall–Kier alpha value is -3.04. The highest BCUT2D eigenvalue weighted by Crippen LogP contribution is 2.23. The van der Waals surface area contributed by atoms with Crippen LogP contribution in [0.4, 0.5) is 15.8 Å². The minimum absolute atomic E-state index is 0.159. The molecule has 9 heteroatoms. The number of non-ortho nitro benzene ring substituents is 1. The molecule has 0 aliphatic heterocycles. The molecule has 1 atom stereocenters. The molecule has 0 spiro atoms. The number of anilines is 1. The first kappa shape index (κ1) is 22.3. The predicted octanol–water partition coefficient (Wildman–Crippen LogP) is 2.82. The summed E-state index contributed by atoms with van der Waals surface area (Å²) in [5.41, 5.74) is 1.17. The maximum Gasteiger partial charge on any atom is 0.270 e. The molecule has 0 saturated carbocycles. The van der Waals surface area contributed by atoms with E-state index in [0.717, 1.165) is 0 Å². The molecule has 0 bridgehead atoms. The number of benzene rings is 2. The summed E-state index contributed by atoms with van der Waals surface area (Å²) in [7, 11) is 5.21. The summed E-state index contributed by atoms with van der Waals surface area (Å²) in [4.78, 5) is 25.2. The zero-order valence-corrected chi connectivity index (χ0v) is 16.6. The highest BCUT2D eigenvalue weighted by Gasteiger charge is 2.20. The second-order valence-corrected chi connectivity index (χ2v) is 6.65. The molecule has 156 valence electrons. The Morgan fingerprint density at radius 3 is 2.66 bits per heavy atom. The van der Waals surface area contributed by atoms with E-state index in [0.29, 0.717) is 24.4 Å². The molecular weight excluding hydrogens is 379 g/mol. The maximum atomic E-state index is 13.6. The van der Waals surface area contributed by atoms with Crippen LogP contribution in [0.3, 0.4) is 0 Å². The number of nitrogens with one attached hydrogen (secondary N) is 2. The first-order chi connectivity index (χ1) is 13.8. The second kappa shape index (κ2) is 10.5. The molecule has 0 fully saturated rings. The topological polar surface area (TPSA) is 96.7 Å². The van der Waals surface area contributed by atoms with Gasteiger partial charge < -0.3 is 20.3 Å². The number of hydrogen-bond donors (Lipinski definition) is 2. The molecule has 1 amide bonds. The van der Waals surface area contributed by atoms with Gasteiger partial charge in [-0.3, -0.25) is 14.9 Å². The van der Waals surface area contributed by atoms with Crippen molar-refractivity contribution in [1.29, 1.82) is 0 Å². The van der Waals surface area contributed by atoms with E-state index in [1.807, 2.05) is 19.0 Å². The third-order valence-corrected chi connectivity index (χ3v) is 4.39. The van der Waals surface area contributed by atoms with Crippen molar-refractivity contribution < 1.29 is 18.8 Å². The SMILES string of the molecule is COCCNc1ccc([N+](=O)[O-])cc1C(=O)NCC(c1cccc(F)c1)N(C)C. The minimum atomic E-state index is -0.551. The number of carbonyl (C=O) groups is 1. The monoisotopic (exact) mass is 404 g/mol. The Morgan fingerprint density at radius 1 is 1.28 bits per heavy atom. The van der Waals surface area contributed by atoms with Gasteiger partial charge in [-0.2, -0.15) is 0 Å². The van der Waals surface area contributed by atoms with E-state index in [-0.39, 0.29) is 29.7 Å². The van der Waals surface area contributed by atoms with Gasteiger partial charge in [0.05, 0.1) is 23.1 Å². The molecule has 1 unspecified atom stereocenters. The molecule has 0 saturated heterocycles. The number of hydrogen-bond acceptors (Lipinski definition) is 6. The molecular formula is C20H25FN4O4. The van der Waals surface area contributed by atoms with E-state index >= 15 is 0 Å². The van der Waals surface area contributed by atoms with Crippen molar-refractivity contribution in [3.05, 3.63) is 69.5 Å². The minimum Gasteiger partial charge on any atom is -0.383 e. The molecule has 8 nitrogen and oxygen atoms in total. The van der Waals surface area contributed by atoms with Crippen molar-refractivity contribution in [3.63, 3.8) is 0 Å². The summed E-state index contributed by atoms with van der Waals surface area (Å²) in [6.07, 6.45) is 0. The standard InChI is InChI=1S/C20H25FN4O4/c1-24(2)19(14-5-4-6-15(21)11-14)13-23-20(26)17-12-16(25(27)28)7-8-18(17)22-9-10-29-3/h4-8,11-12,19,22H,9-10,13H2,1-3H3,(H,23,26). The number of likely N-dealkylation sites (N-methyl/N-ethyl adjacent to an activating group) is 1. The largest absolute Gasteiger partial charge is 0.383 e. The number of halogens is 1. The van der Waals surface area contributed by atoms with Crippen LogP contribution in [0, 0.1) is 15.9 Å². The molecule has 0 aliphatic carbocycles. The first-order valence-electron chi connectivity index (χ1n) is 9.04. The third kappa shape index (κ3) is 6.23. The molecule has 2 N–H and O–H groups in total. The van der Waals surface area contributed by atoms with Gasteiger partial charge >= 0.3 is 0 Å². The van der Waals surface area contributed by atoms with Gasteiger partial charge in [0.25, 0.3) is 11.6 Å². The highest BCUT2D eigenvalue weighted by molar-refractivity contribution is 6.00. The van der Waals surface area contributed by atoms with E-state index in [4.69, 9.17) is 4.74 Å². The summed E-state index contributed by atoms with van der Waals surface area (Å²) in [6.45, 7) is 1.06. The number of nitro groups is 1. The molecule has 0 aliphatic rings. The van der Waals surface area contributed by atoms with Crippen LogP contribution in [0.5, 0.6) is 0 Å². The first-order valence-corrected chi connectivity index (χ1v) is 9.04. The number of methoxy groups -OCH3 is 1. The van der Waals surface area contributed by atoms with Crippen molar-refractivity contribution in [2.75, 3.05) is 46.2 Å². The van der Waals surface area contributed by atoms with E-state index in [9.17, 15) is 19.3 Å². The zero-order valence-electron chi connectivity index (χ0n) is 16.6. The van der Waals surface area contributed by atoms with Gasteiger partial charge in [-0.05, 0) is 37.9 Å². The predicted molar refractivity (Wildman–Crippen MR) is 109 cm³/mol. The van der Waals surface area contributed by atoms with Crippen molar-refractivity contribution in [2.24, 2.45) is 0 Å². The summed E-state index contributed by atoms with van der Waals surface area (Å²) >= 11 is 0. The molecule has 2 rings (SSSR count). The summed E-state index contributed by atoms with van der Waals surface area (Å²) in [5, 5.41) is 17.0. The van der Waals surface area contributed by atoms with Crippen LogP contribution in [-0.4, -0.2) is 56.6 Å². The lowest BCUT2D eigenvalue weighted by Gasteiger charge is -2.25. The van der Waals surface area contributed by atoms with Gasteiger partial charge in [0, 0.05) is 38.0 Å². The normalized spacial score (nSPS) is 11.9. The van der Waals surface area contributed by atoms with Gasteiger partial charge in [0.1, 0.15) is 5.82 Å². The molecule has 2 aromatic rings. The molecule has 0 heterocycles. The zero-order chi connectivity index (χ0) is 21.4. The van der Waals surface area contributed by atoms with E-state index < -0.39 is 10.8 Å². The lowest BCUT2D eigenvalue weighted by molar-refractivity contribution is -0.384. The fourth-order valence-electron chi connectivity index (χ4n) is 2.87. The number of nitro benzene ring substituents is 1. The van der Waals surface area contributed by atoms with Gasteiger partial charge in [-0.15, -0.1) is 0 Å². The number of amides is 1. The smallest absolute Gasteiger partial charge is 0.270 e. The van der Waals surface area contributed by atoms with Crippen LogP contribution in [0.1, 0.15) is 22.0 Å². The van der Waals surface area contributed by atoms with Crippen LogP contribution in [0.2, 0.25) is 0 Å². The van der Waals surface area contributed by atoms with Crippen molar-refractivity contribution in [1.82, 2.24) is 10.2 Å². The molecule has 2 aromatic carbocycles. The Balaban J connectivity index is 2.20. The van der Waals surface area contributed by atoms with Crippen LogP contribution < -0.4 is 10.6 Å².